The molecule has 0 bridgehead atoms. The van der Waals surface area contributed by atoms with Crippen molar-refractivity contribution in [1.29, 1.82) is 5.26 Å². The fourth-order valence-electron chi connectivity index (χ4n) is 4.13. The van der Waals surface area contributed by atoms with E-state index in [2.05, 4.69) is 21.3 Å². The second kappa shape index (κ2) is 7.95. The SMILES string of the molecule is N#C[C@@H]1CCCN1C(=O)CN1CC[C@H](NC(=O)c2nccc3ccccc23)C1. The van der Waals surface area contributed by atoms with Crippen LogP contribution in [0.4, 0.5) is 0 Å². The van der Waals surface area contributed by atoms with E-state index in [0.717, 1.165) is 36.6 Å². The Morgan fingerprint density at radius 3 is 2.93 bits per heavy atom. The Kier molecular flexibility index (Phi) is 5.22. The third-order valence-corrected chi connectivity index (χ3v) is 5.58. The van der Waals surface area contributed by atoms with E-state index in [0.29, 0.717) is 25.3 Å². The van der Waals surface area contributed by atoms with Gasteiger partial charge in [-0.05, 0) is 30.7 Å². The molecular formula is C21H23N5O2. The third-order valence-electron chi connectivity index (χ3n) is 5.58. The van der Waals surface area contributed by atoms with Gasteiger partial charge in [0.2, 0.25) is 5.91 Å². The van der Waals surface area contributed by atoms with E-state index in [1.165, 1.54) is 0 Å². The van der Waals surface area contributed by atoms with E-state index in [4.69, 9.17) is 5.26 Å². The van der Waals surface area contributed by atoms with Crippen LogP contribution in [0.15, 0.2) is 36.5 Å². The van der Waals surface area contributed by atoms with Gasteiger partial charge in [0.15, 0.2) is 0 Å². The molecular weight excluding hydrogens is 354 g/mol. The molecule has 2 aliphatic rings. The van der Waals surface area contributed by atoms with Crippen molar-refractivity contribution in [2.75, 3.05) is 26.2 Å². The summed E-state index contributed by atoms with van der Waals surface area (Å²) in [5.74, 6) is -0.175. The van der Waals surface area contributed by atoms with Gasteiger partial charge in [-0.2, -0.15) is 5.26 Å². The van der Waals surface area contributed by atoms with Gasteiger partial charge in [0.1, 0.15) is 11.7 Å². The molecule has 7 heteroatoms. The lowest BCUT2D eigenvalue weighted by atomic mass is 10.1. The molecule has 3 heterocycles. The van der Waals surface area contributed by atoms with Crippen molar-refractivity contribution in [1.82, 2.24) is 20.1 Å². The van der Waals surface area contributed by atoms with Gasteiger partial charge in [0.05, 0.1) is 12.6 Å². The van der Waals surface area contributed by atoms with Crippen molar-refractivity contribution >= 4 is 22.6 Å². The summed E-state index contributed by atoms with van der Waals surface area (Å²) in [6.45, 7) is 2.35. The molecule has 7 nitrogen and oxygen atoms in total. The minimum Gasteiger partial charge on any atom is -0.347 e. The van der Waals surface area contributed by atoms with E-state index in [1.54, 1.807) is 11.1 Å². The molecule has 0 saturated carbocycles. The number of fused-ring (bicyclic) bond motifs is 1. The first-order chi connectivity index (χ1) is 13.7. The number of carbonyl (C=O) groups is 2. The highest BCUT2D eigenvalue weighted by Crippen LogP contribution is 2.19. The molecule has 2 aromatic rings. The fraction of sp³-hybridized carbons (Fsp3) is 0.429. The van der Waals surface area contributed by atoms with E-state index >= 15 is 0 Å². The summed E-state index contributed by atoms with van der Waals surface area (Å²) in [5, 5.41) is 14.0. The number of pyridine rings is 1. The van der Waals surface area contributed by atoms with E-state index in [9.17, 15) is 9.59 Å². The van der Waals surface area contributed by atoms with Gasteiger partial charge in [-0.25, -0.2) is 0 Å². The Labute approximate surface area is 163 Å². The third kappa shape index (κ3) is 3.69. The average Bonchev–Trinajstić information content (AvgIpc) is 3.36. The number of nitrogens with one attached hydrogen (secondary N) is 1. The van der Waals surface area contributed by atoms with Crippen LogP contribution in [0.25, 0.3) is 10.8 Å². The predicted molar refractivity (Wildman–Crippen MR) is 104 cm³/mol. The zero-order chi connectivity index (χ0) is 19.5. The lowest BCUT2D eigenvalue weighted by Crippen LogP contribution is -2.43. The number of carbonyl (C=O) groups excluding carboxylic acids is 2. The highest BCUT2D eigenvalue weighted by Gasteiger charge is 2.32. The van der Waals surface area contributed by atoms with Crippen molar-refractivity contribution in [3.63, 3.8) is 0 Å². The molecule has 28 heavy (non-hydrogen) atoms. The number of benzene rings is 1. The maximum atomic E-state index is 12.7. The van der Waals surface area contributed by atoms with Crippen molar-refractivity contribution in [2.45, 2.75) is 31.3 Å². The molecule has 0 spiro atoms. The monoisotopic (exact) mass is 377 g/mol. The molecule has 1 N–H and O–H groups in total. The van der Waals surface area contributed by atoms with E-state index < -0.39 is 0 Å². The largest absolute Gasteiger partial charge is 0.347 e. The number of hydrogen-bond donors (Lipinski definition) is 1. The summed E-state index contributed by atoms with van der Waals surface area (Å²) in [7, 11) is 0. The van der Waals surface area contributed by atoms with Crippen LogP contribution in [-0.4, -0.2) is 64.9 Å². The Bertz CT molecular complexity index is 933. The van der Waals surface area contributed by atoms with Crippen LogP contribution >= 0.6 is 0 Å². The van der Waals surface area contributed by atoms with Crippen LogP contribution in [0, 0.1) is 11.3 Å². The quantitative estimate of drug-likeness (QED) is 0.873. The van der Waals surface area contributed by atoms with Crippen LogP contribution in [0.5, 0.6) is 0 Å². The molecule has 1 aromatic carbocycles. The fourth-order valence-corrected chi connectivity index (χ4v) is 4.13. The highest BCUT2D eigenvalue weighted by atomic mass is 16.2. The molecule has 2 fully saturated rings. The summed E-state index contributed by atoms with van der Waals surface area (Å²) in [4.78, 5) is 33.2. The Hall–Kier alpha value is -2.98. The van der Waals surface area contributed by atoms with Gasteiger partial charge < -0.3 is 10.2 Å². The number of nitrogens with zero attached hydrogens (tertiary/aromatic N) is 4. The van der Waals surface area contributed by atoms with Gasteiger partial charge >= 0.3 is 0 Å². The van der Waals surface area contributed by atoms with Gasteiger partial charge in [0.25, 0.3) is 5.91 Å². The van der Waals surface area contributed by atoms with Crippen molar-refractivity contribution in [3.8, 4) is 6.07 Å². The molecule has 0 radical (unpaired) electrons. The van der Waals surface area contributed by atoms with Crippen LogP contribution in [0.2, 0.25) is 0 Å². The summed E-state index contributed by atoms with van der Waals surface area (Å²) in [6, 6.07) is 11.5. The predicted octanol–water partition coefficient (Wildman–Crippen LogP) is 1.55. The molecule has 2 amide bonds. The number of amides is 2. The topological polar surface area (TPSA) is 89.3 Å². The van der Waals surface area contributed by atoms with Crippen molar-refractivity contribution < 1.29 is 9.59 Å². The maximum absolute atomic E-state index is 12.7. The summed E-state index contributed by atoms with van der Waals surface area (Å²) in [5.41, 5.74) is 0.432. The first-order valence-electron chi connectivity index (χ1n) is 9.72. The van der Waals surface area contributed by atoms with E-state index in [1.807, 2.05) is 30.3 Å². The van der Waals surface area contributed by atoms with Crippen molar-refractivity contribution in [2.24, 2.45) is 0 Å². The van der Waals surface area contributed by atoms with Crippen molar-refractivity contribution in [3.05, 3.63) is 42.2 Å². The van der Waals surface area contributed by atoms with Gasteiger partial charge in [-0.1, -0.05) is 24.3 Å². The summed E-state index contributed by atoms with van der Waals surface area (Å²) >= 11 is 0. The Morgan fingerprint density at radius 2 is 2.07 bits per heavy atom. The van der Waals surface area contributed by atoms with Gasteiger partial charge in [-0.3, -0.25) is 19.5 Å². The average molecular weight is 377 g/mol. The number of likely N-dealkylation sites (tertiary alicyclic amines) is 2. The molecule has 2 saturated heterocycles. The molecule has 144 valence electrons. The minimum absolute atomic E-state index is 0.00625. The molecule has 0 aliphatic carbocycles. The van der Waals surface area contributed by atoms with E-state index in [-0.39, 0.29) is 23.9 Å². The molecule has 4 rings (SSSR count). The zero-order valence-corrected chi connectivity index (χ0v) is 15.7. The zero-order valence-electron chi connectivity index (χ0n) is 15.7. The second-order valence-corrected chi connectivity index (χ2v) is 7.45. The number of rotatable bonds is 4. The van der Waals surface area contributed by atoms with Gasteiger partial charge in [-0.15, -0.1) is 0 Å². The summed E-state index contributed by atoms with van der Waals surface area (Å²) in [6.07, 6.45) is 4.10. The number of hydrogen-bond acceptors (Lipinski definition) is 5. The standard InChI is InChI=1S/C21H23N5O2/c22-12-17-5-3-10-26(17)19(27)14-25-11-8-16(13-25)24-21(28)20-18-6-2-1-4-15(18)7-9-23-20/h1-2,4,6-7,9,16-17H,3,5,8,10-11,13-14H2,(H,24,28)/t16-,17-/m0/s1. The smallest absolute Gasteiger partial charge is 0.270 e. The Morgan fingerprint density at radius 1 is 1.21 bits per heavy atom. The highest BCUT2D eigenvalue weighted by molar-refractivity contribution is 6.05. The summed E-state index contributed by atoms with van der Waals surface area (Å²) < 4.78 is 0. The first-order valence-corrected chi connectivity index (χ1v) is 9.72. The van der Waals surface area contributed by atoms with Crippen LogP contribution in [0.3, 0.4) is 0 Å². The lowest BCUT2D eigenvalue weighted by molar-refractivity contribution is -0.132. The number of nitriles is 1. The second-order valence-electron chi connectivity index (χ2n) is 7.45. The Balaban J connectivity index is 1.35. The number of aromatic nitrogens is 1. The lowest BCUT2D eigenvalue weighted by Gasteiger charge is -2.23. The van der Waals surface area contributed by atoms with Crippen LogP contribution in [-0.2, 0) is 4.79 Å². The molecule has 0 unspecified atom stereocenters. The normalized spacial score (nSPS) is 22.3. The van der Waals surface area contributed by atoms with Gasteiger partial charge in [0, 0.05) is 37.3 Å². The molecule has 2 atom stereocenters. The van der Waals surface area contributed by atoms with Crippen LogP contribution in [0.1, 0.15) is 29.8 Å². The minimum atomic E-state index is -0.289. The molecule has 1 aromatic heterocycles. The molecule has 2 aliphatic heterocycles. The van der Waals surface area contributed by atoms with Crippen LogP contribution < -0.4 is 5.32 Å². The maximum Gasteiger partial charge on any atom is 0.270 e. The first kappa shape index (κ1) is 18.4.